The average Bonchev–Trinajstić information content (AvgIpc) is 1.88. The number of aromatic nitrogens is 1. The Balaban J connectivity index is 3.00. The molecular weight excluding hydrogens is 154 g/mol. The normalized spacial score (nSPS) is 12.9. The molecule has 0 aliphatic heterocycles. The van der Waals surface area contributed by atoms with Gasteiger partial charge in [0.25, 0.3) is 0 Å². The van der Waals surface area contributed by atoms with Crippen LogP contribution < -0.4 is 4.73 Å². The standard InChI is InChI=1S/C5H5NO3S/c7-6-3-1-5(2-4-6)10(8)9/h1-4H,(H,8,9)/p-1. The van der Waals surface area contributed by atoms with E-state index in [1.54, 1.807) is 0 Å². The molecule has 4 nitrogen and oxygen atoms in total. The van der Waals surface area contributed by atoms with Crippen molar-refractivity contribution in [2.75, 3.05) is 0 Å². The molecule has 0 fully saturated rings. The van der Waals surface area contributed by atoms with Crippen LogP contribution in [0.5, 0.6) is 0 Å². The van der Waals surface area contributed by atoms with Crippen LogP contribution in [0, 0.1) is 5.21 Å². The monoisotopic (exact) mass is 158 g/mol. The number of nitrogens with zero attached hydrogens (tertiary/aromatic N) is 1. The van der Waals surface area contributed by atoms with E-state index in [1.165, 1.54) is 12.1 Å². The molecule has 1 rings (SSSR count). The number of pyridine rings is 1. The van der Waals surface area contributed by atoms with Crippen molar-refractivity contribution in [2.24, 2.45) is 0 Å². The van der Waals surface area contributed by atoms with E-state index in [1.807, 2.05) is 0 Å². The third-order valence-electron chi connectivity index (χ3n) is 0.964. The maximum atomic E-state index is 10.4. The van der Waals surface area contributed by atoms with Gasteiger partial charge in [-0.1, -0.05) is 0 Å². The van der Waals surface area contributed by atoms with Crippen molar-refractivity contribution < 1.29 is 13.5 Å². The predicted molar refractivity (Wildman–Crippen MR) is 32.6 cm³/mol. The molecule has 1 unspecified atom stereocenters. The van der Waals surface area contributed by atoms with E-state index in [4.69, 9.17) is 0 Å². The molecule has 5 heteroatoms. The van der Waals surface area contributed by atoms with Crippen LogP contribution in [-0.4, -0.2) is 8.76 Å². The Morgan fingerprint density at radius 2 is 1.90 bits per heavy atom. The van der Waals surface area contributed by atoms with Crippen LogP contribution >= 0.6 is 0 Å². The first-order valence-electron chi connectivity index (χ1n) is 2.48. The second-order valence-corrected chi connectivity index (χ2v) is 2.57. The smallest absolute Gasteiger partial charge is 0.181 e. The molecule has 1 atom stereocenters. The average molecular weight is 158 g/mol. The number of rotatable bonds is 1. The number of hydrogen-bond donors (Lipinski definition) is 0. The molecule has 0 saturated carbocycles. The van der Waals surface area contributed by atoms with Crippen LogP contribution in [0.2, 0.25) is 0 Å². The van der Waals surface area contributed by atoms with Crippen molar-refractivity contribution in [1.29, 1.82) is 0 Å². The highest BCUT2D eigenvalue weighted by atomic mass is 32.2. The summed E-state index contributed by atoms with van der Waals surface area (Å²) < 4.78 is 20.9. The minimum Gasteiger partial charge on any atom is -0.768 e. The molecule has 1 aromatic heterocycles. The highest BCUT2D eigenvalue weighted by Crippen LogP contribution is 1.98. The minimum atomic E-state index is -2.24. The third kappa shape index (κ3) is 1.52. The van der Waals surface area contributed by atoms with Crippen LogP contribution in [0.25, 0.3) is 0 Å². The molecule has 0 amide bonds. The maximum Gasteiger partial charge on any atom is 0.181 e. The predicted octanol–water partition coefficient (Wildman–Crippen LogP) is -0.442. The summed E-state index contributed by atoms with van der Waals surface area (Å²) in [6.45, 7) is 0. The van der Waals surface area contributed by atoms with Gasteiger partial charge >= 0.3 is 0 Å². The summed E-state index contributed by atoms with van der Waals surface area (Å²) in [4.78, 5) is 0.118. The quantitative estimate of drug-likeness (QED) is 0.316. The van der Waals surface area contributed by atoms with Crippen LogP contribution in [0.3, 0.4) is 0 Å². The Morgan fingerprint density at radius 3 is 2.30 bits per heavy atom. The van der Waals surface area contributed by atoms with Gasteiger partial charge in [-0.2, -0.15) is 4.73 Å². The van der Waals surface area contributed by atoms with Gasteiger partial charge in [-0.05, 0) is 11.1 Å². The molecule has 0 N–H and O–H groups in total. The molecule has 10 heavy (non-hydrogen) atoms. The summed E-state index contributed by atoms with van der Waals surface area (Å²) in [6.07, 6.45) is 2.26. The fourth-order valence-corrected chi connectivity index (χ4v) is 0.854. The zero-order chi connectivity index (χ0) is 7.56. The van der Waals surface area contributed by atoms with Gasteiger partial charge < -0.3 is 9.76 Å². The third-order valence-corrected chi connectivity index (χ3v) is 1.62. The fourth-order valence-electron chi connectivity index (χ4n) is 0.510. The van der Waals surface area contributed by atoms with Crippen molar-refractivity contribution in [3.63, 3.8) is 0 Å². The Bertz CT molecular complexity index is 246. The summed E-state index contributed by atoms with van der Waals surface area (Å²) in [7, 11) is 0. The highest BCUT2D eigenvalue weighted by Gasteiger charge is 1.92. The fraction of sp³-hybridized carbons (Fsp3) is 0. The summed E-state index contributed by atoms with van der Waals surface area (Å²) in [5.74, 6) is 0. The molecule has 1 heterocycles. The largest absolute Gasteiger partial charge is 0.768 e. The second-order valence-electron chi connectivity index (χ2n) is 1.63. The van der Waals surface area contributed by atoms with Gasteiger partial charge in [0.15, 0.2) is 12.4 Å². The molecule has 0 radical (unpaired) electrons. The molecule has 0 bridgehead atoms. The molecule has 0 aliphatic rings. The molecular formula is C5H4NO3S-. The van der Waals surface area contributed by atoms with Crippen LogP contribution in [-0.2, 0) is 11.1 Å². The van der Waals surface area contributed by atoms with Crippen molar-refractivity contribution in [3.05, 3.63) is 29.7 Å². The van der Waals surface area contributed by atoms with Crippen molar-refractivity contribution in [3.8, 4) is 0 Å². The van der Waals surface area contributed by atoms with Crippen LogP contribution in [0.1, 0.15) is 0 Å². The van der Waals surface area contributed by atoms with E-state index in [0.29, 0.717) is 4.73 Å². The minimum absolute atomic E-state index is 0.118. The van der Waals surface area contributed by atoms with Gasteiger partial charge in [-0.3, -0.25) is 4.21 Å². The van der Waals surface area contributed by atoms with Crippen LogP contribution in [0.15, 0.2) is 29.4 Å². The molecule has 0 aliphatic carbocycles. The lowest BCUT2D eigenvalue weighted by Gasteiger charge is -2.02. The topological polar surface area (TPSA) is 67.1 Å². The Kier molecular flexibility index (Phi) is 1.98. The van der Waals surface area contributed by atoms with Gasteiger partial charge in [0.2, 0.25) is 0 Å². The van der Waals surface area contributed by atoms with Gasteiger partial charge in [-0.25, -0.2) is 0 Å². The lowest BCUT2D eigenvalue weighted by atomic mass is 10.5. The molecule has 1 aromatic rings. The van der Waals surface area contributed by atoms with Crippen LogP contribution in [0.4, 0.5) is 0 Å². The zero-order valence-electron chi connectivity index (χ0n) is 4.89. The van der Waals surface area contributed by atoms with Crippen molar-refractivity contribution >= 4 is 11.1 Å². The summed E-state index contributed by atoms with van der Waals surface area (Å²) in [6, 6.07) is 2.46. The van der Waals surface area contributed by atoms with E-state index in [9.17, 15) is 14.0 Å². The Hall–Kier alpha value is -0.940. The summed E-state index contributed by atoms with van der Waals surface area (Å²) >= 11 is -2.24. The lowest BCUT2D eigenvalue weighted by molar-refractivity contribution is -0.605. The molecule has 0 spiro atoms. The van der Waals surface area contributed by atoms with E-state index in [0.717, 1.165) is 12.4 Å². The van der Waals surface area contributed by atoms with E-state index in [-0.39, 0.29) is 4.90 Å². The SMILES string of the molecule is O=S([O-])c1cc[n+]([O-])cc1. The second kappa shape index (κ2) is 2.76. The molecule has 0 aromatic carbocycles. The van der Waals surface area contributed by atoms with Crippen molar-refractivity contribution in [2.45, 2.75) is 4.90 Å². The first-order valence-corrected chi connectivity index (χ1v) is 3.56. The maximum absolute atomic E-state index is 10.4. The Labute approximate surface area is 60.0 Å². The first-order chi connectivity index (χ1) is 4.70. The van der Waals surface area contributed by atoms with E-state index >= 15 is 0 Å². The molecule has 54 valence electrons. The van der Waals surface area contributed by atoms with E-state index in [2.05, 4.69) is 0 Å². The Morgan fingerprint density at radius 1 is 1.40 bits per heavy atom. The highest BCUT2D eigenvalue weighted by molar-refractivity contribution is 7.79. The number of hydrogen-bond acceptors (Lipinski definition) is 3. The van der Waals surface area contributed by atoms with E-state index < -0.39 is 11.1 Å². The zero-order valence-corrected chi connectivity index (χ0v) is 5.71. The lowest BCUT2D eigenvalue weighted by Crippen LogP contribution is -2.23. The molecule has 0 saturated heterocycles. The van der Waals surface area contributed by atoms with Gasteiger partial charge in [0.1, 0.15) is 0 Å². The van der Waals surface area contributed by atoms with Crippen molar-refractivity contribution in [1.82, 2.24) is 0 Å². The summed E-state index contributed by atoms with van der Waals surface area (Å²) in [5, 5.41) is 10.4. The van der Waals surface area contributed by atoms with Gasteiger partial charge in [-0.15, -0.1) is 0 Å². The van der Waals surface area contributed by atoms with Gasteiger partial charge in [0.05, 0.1) is 0 Å². The first kappa shape index (κ1) is 7.17. The summed E-state index contributed by atoms with van der Waals surface area (Å²) in [5.41, 5.74) is 0. The van der Waals surface area contributed by atoms with Gasteiger partial charge in [0, 0.05) is 17.0 Å².